The molecule has 0 aliphatic carbocycles. The van der Waals surface area contributed by atoms with Gasteiger partial charge in [-0.2, -0.15) is 0 Å². The lowest BCUT2D eigenvalue weighted by Crippen LogP contribution is -2.42. The maximum atomic E-state index is 10.1. The van der Waals surface area contributed by atoms with Crippen molar-refractivity contribution in [1.29, 1.82) is 0 Å². The smallest absolute Gasteiger partial charge is 0.119 e. The van der Waals surface area contributed by atoms with Crippen LogP contribution >= 0.6 is 0 Å². The van der Waals surface area contributed by atoms with Gasteiger partial charge >= 0.3 is 0 Å². The summed E-state index contributed by atoms with van der Waals surface area (Å²) in [6.45, 7) is 7.67. The SMILES string of the molecule is OC(COc1cccc(CN2CCCC2)c1)CN1CCOCC1. The molecule has 1 atom stereocenters. The van der Waals surface area contributed by atoms with Crippen molar-refractivity contribution in [3.05, 3.63) is 29.8 Å². The standard InChI is InChI=1S/C18H28N2O3/c21-17(14-20-8-10-22-11-9-20)15-23-18-5-3-4-16(12-18)13-19-6-1-2-7-19/h3-5,12,17,21H,1-2,6-11,13-15H2. The van der Waals surface area contributed by atoms with E-state index in [-0.39, 0.29) is 0 Å². The summed E-state index contributed by atoms with van der Waals surface area (Å²) in [4.78, 5) is 4.70. The molecule has 0 bridgehead atoms. The van der Waals surface area contributed by atoms with Crippen LogP contribution in [-0.4, -0.2) is 73.6 Å². The van der Waals surface area contributed by atoms with Gasteiger partial charge in [0.1, 0.15) is 18.5 Å². The third-order valence-electron chi connectivity index (χ3n) is 4.52. The molecule has 0 radical (unpaired) electrons. The number of aliphatic hydroxyl groups excluding tert-OH is 1. The maximum absolute atomic E-state index is 10.1. The molecule has 1 aromatic rings. The fourth-order valence-corrected chi connectivity index (χ4v) is 3.26. The summed E-state index contributed by atoms with van der Waals surface area (Å²) in [6, 6.07) is 8.25. The Labute approximate surface area is 138 Å². The van der Waals surface area contributed by atoms with Gasteiger partial charge in [-0.15, -0.1) is 0 Å². The molecule has 2 fully saturated rings. The van der Waals surface area contributed by atoms with Crippen LogP contribution < -0.4 is 4.74 Å². The number of morpholine rings is 1. The van der Waals surface area contributed by atoms with E-state index in [2.05, 4.69) is 21.9 Å². The van der Waals surface area contributed by atoms with Gasteiger partial charge in [-0.1, -0.05) is 12.1 Å². The molecular weight excluding hydrogens is 292 g/mol. The van der Waals surface area contributed by atoms with E-state index in [1.165, 1.54) is 31.5 Å². The maximum Gasteiger partial charge on any atom is 0.119 e. The zero-order valence-electron chi connectivity index (χ0n) is 13.8. The number of ether oxygens (including phenoxy) is 2. The van der Waals surface area contributed by atoms with E-state index in [4.69, 9.17) is 9.47 Å². The van der Waals surface area contributed by atoms with Crippen molar-refractivity contribution in [2.45, 2.75) is 25.5 Å². The molecule has 23 heavy (non-hydrogen) atoms. The number of likely N-dealkylation sites (tertiary alicyclic amines) is 1. The summed E-state index contributed by atoms with van der Waals surface area (Å²) >= 11 is 0. The van der Waals surface area contributed by atoms with E-state index in [0.29, 0.717) is 13.2 Å². The highest BCUT2D eigenvalue weighted by atomic mass is 16.5. The molecule has 3 rings (SSSR count). The number of nitrogens with zero attached hydrogens (tertiary/aromatic N) is 2. The highest BCUT2D eigenvalue weighted by Gasteiger charge is 2.16. The highest BCUT2D eigenvalue weighted by molar-refractivity contribution is 5.28. The Morgan fingerprint density at radius 1 is 1.09 bits per heavy atom. The fourth-order valence-electron chi connectivity index (χ4n) is 3.26. The first-order valence-corrected chi connectivity index (χ1v) is 8.72. The summed E-state index contributed by atoms with van der Waals surface area (Å²) in [5, 5.41) is 10.1. The van der Waals surface area contributed by atoms with Crippen LogP contribution in [0.2, 0.25) is 0 Å². The van der Waals surface area contributed by atoms with Crippen molar-refractivity contribution in [3.8, 4) is 5.75 Å². The monoisotopic (exact) mass is 320 g/mol. The van der Waals surface area contributed by atoms with Gasteiger partial charge in [0.05, 0.1) is 13.2 Å². The Bertz CT molecular complexity index is 471. The van der Waals surface area contributed by atoms with Crippen LogP contribution in [0.25, 0.3) is 0 Å². The van der Waals surface area contributed by atoms with E-state index in [1.807, 2.05) is 12.1 Å². The van der Waals surface area contributed by atoms with Gasteiger partial charge in [0.2, 0.25) is 0 Å². The lowest BCUT2D eigenvalue weighted by Gasteiger charge is -2.28. The summed E-state index contributed by atoms with van der Waals surface area (Å²) < 4.78 is 11.1. The van der Waals surface area contributed by atoms with Crippen molar-refractivity contribution >= 4 is 0 Å². The molecule has 2 aliphatic heterocycles. The van der Waals surface area contributed by atoms with E-state index in [9.17, 15) is 5.11 Å². The van der Waals surface area contributed by atoms with Crippen molar-refractivity contribution in [3.63, 3.8) is 0 Å². The minimum absolute atomic E-state index is 0.338. The molecule has 0 aromatic heterocycles. The van der Waals surface area contributed by atoms with Gasteiger partial charge in [0, 0.05) is 26.2 Å². The van der Waals surface area contributed by atoms with Crippen LogP contribution in [0.15, 0.2) is 24.3 Å². The summed E-state index contributed by atoms with van der Waals surface area (Å²) in [7, 11) is 0. The largest absolute Gasteiger partial charge is 0.491 e. The predicted octanol–water partition coefficient (Wildman–Crippen LogP) is 1.35. The molecule has 0 saturated carbocycles. The van der Waals surface area contributed by atoms with Crippen LogP contribution in [0.5, 0.6) is 5.75 Å². The number of benzene rings is 1. The summed E-state index contributed by atoms with van der Waals surface area (Å²) in [6.07, 6.45) is 2.16. The molecule has 1 aromatic carbocycles. The van der Waals surface area contributed by atoms with Gasteiger partial charge in [0.25, 0.3) is 0 Å². The quantitative estimate of drug-likeness (QED) is 0.822. The molecule has 1 unspecified atom stereocenters. The molecule has 5 nitrogen and oxygen atoms in total. The number of aliphatic hydroxyl groups is 1. The Morgan fingerprint density at radius 3 is 2.65 bits per heavy atom. The molecule has 2 saturated heterocycles. The molecule has 0 spiro atoms. The van der Waals surface area contributed by atoms with Crippen LogP contribution in [0.1, 0.15) is 18.4 Å². The molecule has 2 heterocycles. The molecule has 0 amide bonds. The van der Waals surface area contributed by atoms with Crippen molar-refractivity contribution in [2.24, 2.45) is 0 Å². The second-order valence-corrected chi connectivity index (χ2v) is 6.51. The van der Waals surface area contributed by atoms with E-state index in [0.717, 1.165) is 38.6 Å². The zero-order chi connectivity index (χ0) is 15.9. The third-order valence-corrected chi connectivity index (χ3v) is 4.52. The van der Waals surface area contributed by atoms with Crippen molar-refractivity contribution in [1.82, 2.24) is 9.80 Å². The number of hydrogen-bond donors (Lipinski definition) is 1. The second kappa shape index (κ2) is 8.64. The minimum atomic E-state index is -0.463. The van der Waals surface area contributed by atoms with Gasteiger partial charge < -0.3 is 14.6 Å². The van der Waals surface area contributed by atoms with Gasteiger partial charge in [-0.05, 0) is 43.6 Å². The van der Waals surface area contributed by atoms with Gasteiger partial charge in [-0.25, -0.2) is 0 Å². The second-order valence-electron chi connectivity index (χ2n) is 6.51. The summed E-state index contributed by atoms with van der Waals surface area (Å²) in [5.41, 5.74) is 1.28. The van der Waals surface area contributed by atoms with E-state index < -0.39 is 6.10 Å². The number of β-amino-alcohol motifs (C(OH)–C–C–N with tert-alkyl or cyclic N) is 1. The highest BCUT2D eigenvalue weighted by Crippen LogP contribution is 2.17. The van der Waals surface area contributed by atoms with Crippen LogP contribution in [0, 0.1) is 0 Å². The average molecular weight is 320 g/mol. The lowest BCUT2D eigenvalue weighted by molar-refractivity contribution is 0.00464. The Kier molecular flexibility index (Phi) is 6.28. The van der Waals surface area contributed by atoms with Crippen LogP contribution in [0.3, 0.4) is 0 Å². The average Bonchev–Trinajstić information content (AvgIpc) is 3.07. The first-order chi connectivity index (χ1) is 11.3. The Morgan fingerprint density at radius 2 is 1.87 bits per heavy atom. The normalized spacial score (nSPS) is 21.4. The van der Waals surface area contributed by atoms with Crippen molar-refractivity contribution < 1.29 is 14.6 Å². The van der Waals surface area contributed by atoms with Crippen molar-refractivity contribution in [2.75, 3.05) is 52.5 Å². The molecular formula is C18H28N2O3. The predicted molar refractivity (Wildman–Crippen MR) is 89.7 cm³/mol. The third kappa shape index (κ3) is 5.46. The topological polar surface area (TPSA) is 45.2 Å². The van der Waals surface area contributed by atoms with E-state index >= 15 is 0 Å². The molecule has 128 valence electrons. The fraction of sp³-hybridized carbons (Fsp3) is 0.667. The molecule has 1 N–H and O–H groups in total. The van der Waals surface area contributed by atoms with E-state index in [1.54, 1.807) is 0 Å². The van der Waals surface area contributed by atoms with Gasteiger partial charge in [-0.3, -0.25) is 9.80 Å². The van der Waals surface area contributed by atoms with Crippen LogP contribution in [-0.2, 0) is 11.3 Å². The first kappa shape index (κ1) is 16.7. The summed E-state index contributed by atoms with van der Waals surface area (Å²) in [5.74, 6) is 0.850. The number of rotatable bonds is 7. The lowest BCUT2D eigenvalue weighted by atomic mass is 10.2. The molecule has 2 aliphatic rings. The minimum Gasteiger partial charge on any atom is -0.491 e. The Balaban J connectivity index is 1.43. The number of hydrogen-bond acceptors (Lipinski definition) is 5. The zero-order valence-corrected chi connectivity index (χ0v) is 13.8. The van der Waals surface area contributed by atoms with Crippen LogP contribution in [0.4, 0.5) is 0 Å². The first-order valence-electron chi connectivity index (χ1n) is 8.72. The molecule has 5 heteroatoms. The Hall–Kier alpha value is -1.14. The van der Waals surface area contributed by atoms with Gasteiger partial charge in [0.15, 0.2) is 0 Å².